The summed E-state index contributed by atoms with van der Waals surface area (Å²) in [6.45, 7) is 1.35. The fraction of sp³-hybridized carbons (Fsp3) is 0.208. The molecular formula is C24H22BrN5O3S. The van der Waals surface area contributed by atoms with Crippen molar-refractivity contribution in [3.8, 4) is 0 Å². The molecule has 1 N–H and O–H groups in total. The molecule has 0 unspecified atom stereocenters. The second-order valence-electron chi connectivity index (χ2n) is 8.09. The van der Waals surface area contributed by atoms with Gasteiger partial charge in [0.2, 0.25) is 0 Å². The summed E-state index contributed by atoms with van der Waals surface area (Å²) in [5, 5.41) is 3.75. The van der Waals surface area contributed by atoms with Gasteiger partial charge in [0.05, 0.1) is 10.3 Å². The van der Waals surface area contributed by atoms with Crippen LogP contribution in [-0.2, 0) is 10.0 Å². The van der Waals surface area contributed by atoms with Gasteiger partial charge < -0.3 is 10.2 Å². The van der Waals surface area contributed by atoms with Crippen molar-refractivity contribution in [2.45, 2.75) is 23.8 Å². The molecule has 2 aromatic heterocycles. The van der Waals surface area contributed by atoms with Gasteiger partial charge in [-0.05, 0) is 53.0 Å². The van der Waals surface area contributed by atoms with E-state index >= 15 is 0 Å². The number of piperidine rings is 1. The highest BCUT2D eigenvalue weighted by atomic mass is 79.9. The van der Waals surface area contributed by atoms with Crippen LogP contribution in [0.2, 0.25) is 0 Å². The summed E-state index contributed by atoms with van der Waals surface area (Å²) in [5.74, 6) is 0.598. The standard InChI is InChI=1S/C24H22BrN5O3S/c25-20-15-30(34(32,33)19-9-5-2-6-10-19)23-21(20)22(26-16-27-23)29-13-11-18(12-14-29)28-24(31)17-7-3-1-4-8-17/h1-10,15-16,18H,11-14H2,(H,28,31). The van der Waals surface area contributed by atoms with Gasteiger partial charge in [0, 0.05) is 35.4 Å². The van der Waals surface area contributed by atoms with Crippen molar-refractivity contribution in [2.75, 3.05) is 18.0 Å². The molecule has 8 nitrogen and oxygen atoms in total. The fourth-order valence-corrected chi connectivity index (χ4v) is 6.23. The van der Waals surface area contributed by atoms with Crippen LogP contribution in [0.15, 0.2) is 82.6 Å². The maximum atomic E-state index is 13.2. The molecule has 0 spiro atoms. The highest BCUT2D eigenvalue weighted by molar-refractivity contribution is 9.10. The van der Waals surface area contributed by atoms with E-state index in [0.29, 0.717) is 40.0 Å². The Balaban J connectivity index is 1.38. The first-order valence-corrected chi connectivity index (χ1v) is 13.1. The zero-order chi connectivity index (χ0) is 23.7. The quantitative estimate of drug-likeness (QED) is 0.414. The third-order valence-electron chi connectivity index (χ3n) is 5.95. The monoisotopic (exact) mass is 539 g/mol. The molecule has 34 heavy (non-hydrogen) atoms. The first kappa shape index (κ1) is 22.5. The van der Waals surface area contributed by atoms with Gasteiger partial charge in [0.1, 0.15) is 12.1 Å². The smallest absolute Gasteiger partial charge is 0.269 e. The largest absolute Gasteiger partial charge is 0.356 e. The number of nitrogens with one attached hydrogen (secondary N) is 1. The van der Waals surface area contributed by atoms with Crippen LogP contribution in [0.5, 0.6) is 0 Å². The average Bonchev–Trinajstić information content (AvgIpc) is 3.23. The van der Waals surface area contributed by atoms with Gasteiger partial charge in [-0.2, -0.15) is 0 Å². The van der Waals surface area contributed by atoms with E-state index < -0.39 is 10.0 Å². The predicted octanol–water partition coefficient (Wildman–Crippen LogP) is 3.83. The average molecular weight is 540 g/mol. The number of halogens is 1. The Morgan fingerprint density at radius 3 is 2.29 bits per heavy atom. The minimum Gasteiger partial charge on any atom is -0.356 e. The third kappa shape index (κ3) is 4.19. The van der Waals surface area contributed by atoms with E-state index in [4.69, 9.17) is 0 Å². The number of fused-ring (bicyclic) bond motifs is 1. The first-order chi connectivity index (χ1) is 16.4. The molecule has 1 fully saturated rings. The predicted molar refractivity (Wildman–Crippen MR) is 133 cm³/mol. The Morgan fingerprint density at radius 1 is 0.971 bits per heavy atom. The summed E-state index contributed by atoms with van der Waals surface area (Å²) in [6, 6.07) is 17.5. The summed E-state index contributed by atoms with van der Waals surface area (Å²) in [4.78, 5) is 23.6. The molecule has 5 rings (SSSR count). The highest BCUT2D eigenvalue weighted by Gasteiger charge is 2.27. The minimum absolute atomic E-state index is 0.0628. The molecule has 0 aliphatic carbocycles. The maximum Gasteiger partial charge on any atom is 0.269 e. The summed E-state index contributed by atoms with van der Waals surface area (Å²) in [6.07, 6.45) is 4.43. The van der Waals surface area contributed by atoms with Crippen molar-refractivity contribution in [1.82, 2.24) is 19.3 Å². The van der Waals surface area contributed by atoms with Crippen LogP contribution < -0.4 is 10.2 Å². The van der Waals surface area contributed by atoms with Crippen molar-refractivity contribution >= 4 is 48.7 Å². The Hall–Kier alpha value is -3.24. The van der Waals surface area contributed by atoms with Crippen LogP contribution in [0.1, 0.15) is 23.2 Å². The molecule has 1 amide bonds. The van der Waals surface area contributed by atoms with Crippen molar-refractivity contribution in [2.24, 2.45) is 0 Å². The molecule has 174 valence electrons. The number of carbonyl (C=O) groups excluding carboxylic acids is 1. The van der Waals surface area contributed by atoms with E-state index in [1.54, 1.807) is 42.5 Å². The number of hydrogen-bond donors (Lipinski definition) is 1. The van der Waals surface area contributed by atoms with Crippen LogP contribution in [-0.4, -0.2) is 47.4 Å². The molecule has 3 heterocycles. The van der Waals surface area contributed by atoms with Crippen LogP contribution >= 0.6 is 15.9 Å². The normalized spacial score (nSPS) is 14.9. The van der Waals surface area contributed by atoms with E-state index in [0.717, 1.165) is 12.8 Å². The van der Waals surface area contributed by atoms with Crippen molar-refractivity contribution in [3.05, 3.63) is 83.2 Å². The number of carbonyl (C=O) groups is 1. The number of nitrogens with zero attached hydrogens (tertiary/aromatic N) is 4. The van der Waals surface area contributed by atoms with Gasteiger partial charge in [-0.15, -0.1) is 0 Å². The molecule has 4 aromatic rings. The number of rotatable bonds is 5. The van der Waals surface area contributed by atoms with E-state index in [1.807, 2.05) is 18.2 Å². The number of anilines is 1. The molecule has 0 saturated carbocycles. The van der Waals surface area contributed by atoms with Gasteiger partial charge in [0.25, 0.3) is 15.9 Å². The lowest BCUT2D eigenvalue weighted by Crippen LogP contribution is -2.45. The second kappa shape index (κ2) is 9.19. The highest BCUT2D eigenvalue weighted by Crippen LogP contribution is 2.35. The molecule has 1 aliphatic heterocycles. The molecular weight excluding hydrogens is 518 g/mol. The fourth-order valence-electron chi connectivity index (χ4n) is 4.20. The minimum atomic E-state index is -3.81. The van der Waals surface area contributed by atoms with E-state index in [1.165, 1.54) is 16.5 Å². The van der Waals surface area contributed by atoms with Gasteiger partial charge in [-0.3, -0.25) is 4.79 Å². The lowest BCUT2D eigenvalue weighted by Gasteiger charge is -2.33. The molecule has 1 aliphatic rings. The zero-order valence-electron chi connectivity index (χ0n) is 18.1. The molecule has 0 bridgehead atoms. The summed E-state index contributed by atoms with van der Waals surface area (Å²) < 4.78 is 28.3. The SMILES string of the molecule is O=C(NC1CCN(c2ncnc3c2c(Br)cn3S(=O)(=O)c2ccccc2)CC1)c1ccccc1. The third-order valence-corrected chi connectivity index (χ3v) is 8.22. The van der Waals surface area contributed by atoms with Gasteiger partial charge in [-0.25, -0.2) is 22.4 Å². The van der Waals surface area contributed by atoms with Gasteiger partial charge >= 0.3 is 0 Å². The van der Waals surface area contributed by atoms with Crippen LogP contribution in [0, 0.1) is 0 Å². The first-order valence-electron chi connectivity index (χ1n) is 10.9. The van der Waals surface area contributed by atoms with E-state index in [9.17, 15) is 13.2 Å². The molecule has 0 radical (unpaired) electrons. The Morgan fingerprint density at radius 2 is 1.62 bits per heavy atom. The molecule has 10 heteroatoms. The number of aromatic nitrogens is 3. The number of benzene rings is 2. The summed E-state index contributed by atoms with van der Waals surface area (Å²) in [5.41, 5.74) is 0.965. The Labute approximate surface area is 205 Å². The molecule has 0 atom stereocenters. The zero-order valence-corrected chi connectivity index (χ0v) is 20.5. The van der Waals surface area contributed by atoms with Crippen LogP contribution in [0.4, 0.5) is 5.82 Å². The van der Waals surface area contributed by atoms with Crippen molar-refractivity contribution in [1.29, 1.82) is 0 Å². The van der Waals surface area contributed by atoms with Crippen molar-refractivity contribution in [3.63, 3.8) is 0 Å². The molecule has 2 aromatic carbocycles. The lowest BCUT2D eigenvalue weighted by atomic mass is 10.0. The van der Waals surface area contributed by atoms with Crippen molar-refractivity contribution < 1.29 is 13.2 Å². The Kier molecular flexibility index (Phi) is 6.09. The summed E-state index contributed by atoms with van der Waals surface area (Å²) in [7, 11) is -3.81. The Bertz CT molecular complexity index is 1430. The van der Waals surface area contributed by atoms with E-state index in [2.05, 4.69) is 36.1 Å². The second-order valence-corrected chi connectivity index (χ2v) is 10.8. The number of hydrogen-bond acceptors (Lipinski definition) is 6. The van der Waals surface area contributed by atoms with E-state index in [-0.39, 0.29) is 16.8 Å². The number of amides is 1. The molecule has 1 saturated heterocycles. The lowest BCUT2D eigenvalue weighted by molar-refractivity contribution is 0.0931. The van der Waals surface area contributed by atoms with Crippen LogP contribution in [0.3, 0.4) is 0 Å². The van der Waals surface area contributed by atoms with Gasteiger partial charge in [-0.1, -0.05) is 36.4 Å². The topological polar surface area (TPSA) is 97.2 Å². The van der Waals surface area contributed by atoms with Gasteiger partial charge in [0.15, 0.2) is 5.65 Å². The summed E-state index contributed by atoms with van der Waals surface area (Å²) >= 11 is 3.52. The van der Waals surface area contributed by atoms with Crippen LogP contribution in [0.25, 0.3) is 11.0 Å². The maximum absolute atomic E-state index is 13.2.